The van der Waals surface area contributed by atoms with Gasteiger partial charge in [-0.3, -0.25) is 14.5 Å². The number of carbonyl (C=O) groups is 2. The lowest BCUT2D eigenvalue weighted by Crippen LogP contribution is -2.55. The number of amides is 2. The van der Waals surface area contributed by atoms with Gasteiger partial charge in [0.1, 0.15) is 17.7 Å². The summed E-state index contributed by atoms with van der Waals surface area (Å²) < 4.78 is 55.5. The number of fused-ring (bicyclic) bond motifs is 1. The van der Waals surface area contributed by atoms with E-state index in [1.54, 1.807) is 11.6 Å². The first-order valence-electron chi connectivity index (χ1n) is 12.6. The molecular weight excluding hydrogens is 526 g/mol. The van der Waals surface area contributed by atoms with E-state index in [2.05, 4.69) is 5.32 Å². The highest BCUT2D eigenvalue weighted by molar-refractivity contribution is 6.05. The normalized spacial score (nSPS) is 17.1. The van der Waals surface area contributed by atoms with E-state index >= 15 is 0 Å². The summed E-state index contributed by atoms with van der Waals surface area (Å²) in [5.74, 6) is -2.24. The molecule has 1 aliphatic heterocycles. The minimum Gasteiger partial charge on any atom is -0.339 e. The average molecular weight is 552 g/mol. The molecule has 5 rings (SSSR count). The van der Waals surface area contributed by atoms with Crippen molar-refractivity contribution in [3.63, 3.8) is 0 Å². The highest BCUT2D eigenvalue weighted by atomic mass is 19.4. The van der Waals surface area contributed by atoms with Crippen molar-refractivity contribution in [2.24, 2.45) is 5.73 Å². The Labute approximate surface area is 227 Å². The summed E-state index contributed by atoms with van der Waals surface area (Å²) >= 11 is 0. The standard InChI is InChI=1S/C29H25F4N5O2/c1-2-37-27-24(22(16-34)36-38(27)21-9-4-3-5-10-21)23(17-11-13-20(30)14-12-17)25(28(37)40)35-26(39)18-7-6-8-19(15-18)29(31,32)33/h3-15,23,25H,2,16,34H2,1H3,(H,35,39)/t23-,25+/m1/s1. The largest absolute Gasteiger partial charge is 0.416 e. The Bertz CT molecular complexity index is 1550. The van der Waals surface area contributed by atoms with Crippen molar-refractivity contribution in [1.82, 2.24) is 15.1 Å². The van der Waals surface area contributed by atoms with E-state index in [1.807, 2.05) is 30.3 Å². The lowest BCUT2D eigenvalue weighted by atomic mass is 9.80. The molecular formula is C29H25F4N5O2. The van der Waals surface area contributed by atoms with Crippen molar-refractivity contribution >= 4 is 17.6 Å². The second-order valence-corrected chi connectivity index (χ2v) is 9.28. The number of rotatable bonds is 6. The molecule has 0 spiro atoms. The van der Waals surface area contributed by atoms with E-state index in [9.17, 15) is 27.2 Å². The monoisotopic (exact) mass is 551 g/mol. The number of hydrogen-bond donors (Lipinski definition) is 2. The number of halogens is 4. The fraction of sp³-hybridized carbons (Fsp3) is 0.207. The maximum atomic E-state index is 14.0. The van der Waals surface area contributed by atoms with Gasteiger partial charge in [-0.15, -0.1) is 0 Å². The summed E-state index contributed by atoms with van der Waals surface area (Å²) in [6.45, 7) is 1.97. The second-order valence-electron chi connectivity index (χ2n) is 9.28. The number of nitrogens with zero attached hydrogens (tertiary/aromatic N) is 3. The number of para-hydroxylation sites is 1. The van der Waals surface area contributed by atoms with Gasteiger partial charge in [0.25, 0.3) is 11.8 Å². The van der Waals surface area contributed by atoms with Crippen LogP contribution in [0, 0.1) is 5.82 Å². The SMILES string of the molecule is CCN1C(=O)[C@@H](NC(=O)c2cccc(C(F)(F)F)c2)[C@H](c2ccc(F)cc2)c2c(CN)nn(-c3ccccc3)c21. The first-order valence-corrected chi connectivity index (χ1v) is 12.6. The molecule has 3 aromatic carbocycles. The van der Waals surface area contributed by atoms with E-state index in [0.29, 0.717) is 28.3 Å². The third-order valence-electron chi connectivity index (χ3n) is 6.88. The van der Waals surface area contributed by atoms with Crippen molar-refractivity contribution in [3.05, 3.63) is 113 Å². The third-order valence-corrected chi connectivity index (χ3v) is 6.88. The fourth-order valence-electron chi connectivity index (χ4n) is 5.07. The molecule has 0 saturated heterocycles. The number of nitrogens with two attached hydrogens (primary N) is 1. The van der Waals surface area contributed by atoms with Crippen LogP contribution in [0.2, 0.25) is 0 Å². The lowest BCUT2D eigenvalue weighted by molar-refractivity contribution is -0.137. The van der Waals surface area contributed by atoms with Gasteiger partial charge in [0.2, 0.25) is 0 Å². The maximum Gasteiger partial charge on any atom is 0.416 e. The first kappa shape index (κ1) is 27.1. The van der Waals surface area contributed by atoms with Crippen molar-refractivity contribution < 1.29 is 27.2 Å². The van der Waals surface area contributed by atoms with Crippen LogP contribution in [-0.4, -0.2) is 34.2 Å². The van der Waals surface area contributed by atoms with Crippen LogP contribution in [0.15, 0.2) is 78.9 Å². The predicted molar refractivity (Wildman–Crippen MR) is 140 cm³/mol. The summed E-state index contributed by atoms with van der Waals surface area (Å²) in [5.41, 5.74) is 7.07. The molecule has 0 radical (unpaired) electrons. The van der Waals surface area contributed by atoms with Crippen LogP contribution in [-0.2, 0) is 17.5 Å². The highest BCUT2D eigenvalue weighted by Gasteiger charge is 2.46. The van der Waals surface area contributed by atoms with Gasteiger partial charge >= 0.3 is 6.18 Å². The number of alkyl halides is 3. The molecule has 0 fully saturated rings. The molecule has 11 heteroatoms. The molecule has 1 aromatic heterocycles. The zero-order valence-electron chi connectivity index (χ0n) is 21.3. The van der Waals surface area contributed by atoms with E-state index in [4.69, 9.17) is 10.8 Å². The van der Waals surface area contributed by atoms with Crippen LogP contribution in [0.5, 0.6) is 0 Å². The summed E-state index contributed by atoms with van der Waals surface area (Å²) in [6.07, 6.45) is -4.65. The van der Waals surface area contributed by atoms with Gasteiger partial charge in [-0.05, 0) is 55.0 Å². The van der Waals surface area contributed by atoms with Crippen LogP contribution in [0.3, 0.4) is 0 Å². The number of likely N-dealkylation sites (N-methyl/N-ethyl adjacent to an activating group) is 1. The molecule has 2 heterocycles. The lowest BCUT2D eigenvalue weighted by Gasteiger charge is -2.38. The molecule has 206 valence electrons. The van der Waals surface area contributed by atoms with Crippen molar-refractivity contribution in [1.29, 1.82) is 0 Å². The van der Waals surface area contributed by atoms with Gasteiger partial charge < -0.3 is 11.1 Å². The molecule has 2 atom stereocenters. The molecule has 40 heavy (non-hydrogen) atoms. The third kappa shape index (κ3) is 4.84. The van der Waals surface area contributed by atoms with Gasteiger partial charge in [0.05, 0.1) is 16.9 Å². The van der Waals surface area contributed by atoms with E-state index < -0.39 is 41.3 Å². The molecule has 0 aliphatic carbocycles. The van der Waals surface area contributed by atoms with Gasteiger partial charge in [-0.2, -0.15) is 18.3 Å². The van der Waals surface area contributed by atoms with Gasteiger partial charge in [0, 0.05) is 30.1 Å². The molecule has 0 unspecified atom stereocenters. The van der Waals surface area contributed by atoms with E-state index in [-0.39, 0.29) is 18.7 Å². The molecule has 3 N–H and O–H groups in total. The topological polar surface area (TPSA) is 93.2 Å². The van der Waals surface area contributed by atoms with Crippen molar-refractivity contribution in [2.45, 2.75) is 31.6 Å². The number of aromatic nitrogens is 2. The van der Waals surface area contributed by atoms with Crippen LogP contribution in [0.1, 0.15) is 45.6 Å². The smallest absolute Gasteiger partial charge is 0.339 e. The van der Waals surface area contributed by atoms with Crippen LogP contribution >= 0.6 is 0 Å². The molecule has 2 amide bonds. The summed E-state index contributed by atoms with van der Waals surface area (Å²) in [7, 11) is 0. The number of anilines is 1. The van der Waals surface area contributed by atoms with Gasteiger partial charge in [0.15, 0.2) is 0 Å². The number of carbonyl (C=O) groups excluding carboxylic acids is 2. The van der Waals surface area contributed by atoms with Crippen molar-refractivity contribution in [3.8, 4) is 5.69 Å². The summed E-state index contributed by atoms with van der Waals surface area (Å²) in [5, 5.41) is 7.37. The second kappa shape index (κ2) is 10.6. The maximum absolute atomic E-state index is 14.0. The Morgan fingerprint density at radius 1 is 1.02 bits per heavy atom. The van der Waals surface area contributed by atoms with Crippen LogP contribution in [0.25, 0.3) is 5.69 Å². The predicted octanol–water partition coefficient (Wildman–Crippen LogP) is 4.79. The summed E-state index contributed by atoms with van der Waals surface area (Å²) in [4.78, 5) is 28.8. The first-order chi connectivity index (χ1) is 19.1. The minimum absolute atomic E-state index is 0.0000985. The number of nitrogens with one attached hydrogen (secondary N) is 1. The summed E-state index contributed by atoms with van der Waals surface area (Å²) in [6, 6.07) is 17.3. The molecule has 1 aliphatic rings. The molecule has 0 bridgehead atoms. The zero-order valence-corrected chi connectivity index (χ0v) is 21.3. The average Bonchev–Trinajstić information content (AvgIpc) is 3.33. The van der Waals surface area contributed by atoms with Gasteiger partial charge in [-0.25, -0.2) is 9.07 Å². The van der Waals surface area contributed by atoms with Crippen LogP contribution < -0.4 is 16.0 Å². The Morgan fingerprint density at radius 2 is 1.73 bits per heavy atom. The molecule has 0 saturated carbocycles. The Kier molecular flexibility index (Phi) is 7.16. The zero-order chi connectivity index (χ0) is 28.6. The Hall–Kier alpha value is -4.51. The van der Waals surface area contributed by atoms with Crippen molar-refractivity contribution in [2.75, 3.05) is 11.4 Å². The molecule has 4 aromatic rings. The van der Waals surface area contributed by atoms with E-state index in [1.165, 1.54) is 35.2 Å². The Morgan fingerprint density at radius 3 is 2.35 bits per heavy atom. The molecule has 7 nitrogen and oxygen atoms in total. The van der Waals surface area contributed by atoms with Crippen LogP contribution in [0.4, 0.5) is 23.4 Å². The number of hydrogen-bond acceptors (Lipinski definition) is 4. The fourth-order valence-corrected chi connectivity index (χ4v) is 5.07. The highest BCUT2D eigenvalue weighted by Crippen LogP contribution is 2.43. The Balaban J connectivity index is 1.67. The number of benzene rings is 3. The van der Waals surface area contributed by atoms with Gasteiger partial charge in [-0.1, -0.05) is 36.4 Å². The quantitative estimate of drug-likeness (QED) is 0.337. The van der Waals surface area contributed by atoms with E-state index in [0.717, 1.165) is 18.2 Å². The minimum atomic E-state index is -4.65.